The van der Waals surface area contributed by atoms with Gasteiger partial charge in [-0.15, -0.1) is 0 Å². The Hall–Kier alpha value is -3.18. The normalized spacial score (nSPS) is 24.5. The fourth-order valence-corrected chi connectivity index (χ4v) is 5.89. The summed E-state index contributed by atoms with van der Waals surface area (Å²) in [6.07, 6.45) is 3.20. The Morgan fingerprint density at radius 2 is 2.06 bits per heavy atom. The Labute approximate surface area is 206 Å². The maximum Gasteiger partial charge on any atom is 0.101 e. The largest absolute Gasteiger partial charge is 0.381 e. The quantitative estimate of drug-likeness (QED) is 0.594. The lowest BCUT2D eigenvalue weighted by Crippen LogP contribution is -2.50. The van der Waals surface area contributed by atoms with Gasteiger partial charge in [0.15, 0.2) is 0 Å². The van der Waals surface area contributed by atoms with E-state index in [0.29, 0.717) is 11.6 Å². The van der Waals surface area contributed by atoms with Crippen LogP contribution in [0.25, 0.3) is 10.9 Å². The third-order valence-electron chi connectivity index (χ3n) is 7.48. The highest BCUT2D eigenvalue weighted by Crippen LogP contribution is 2.31. The molecule has 2 aromatic carbocycles. The first kappa shape index (κ1) is 22.3. The molecule has 3 aliphatic heterocycles. The Morgan fingerprint density at radius 3 is 2.97 bits per heavy atom. The molecule has 3 aromatic rings. The van der Waals surface area contributed by atoms with Gasteiger partial charge in [0.1, 0.15) is 6.07 Å². The van der Waals surface area contributed by atoms with E-state index in [-0.39, 0.29) is 12.2 Å². The molecule has 180 valence electrons. The zero-order valence-electron chi connectivity index (χ0n) is 20.2. The number of hydrogen-bond acceptors (Lipinski definition) is 7. The molecule has 1 unspecified atom stereocenters. The Bertz CT molecular complexity index is 1270. The van der Waals surface area contributed by atoms with Gasteiger partial charge in [0.05, 0.1) is 23.3 Å². The second kappa shape index (κ2) is 9.46. The Morgan fingerprint density at radius 1 is 1.14 bits per heavy atom. The molecule has 7 heteroatoms. The van der Waals surface area contributed by atoms with Crippen molar-refractivity contribution in [2.45, 2.75) is 44.7 Å². The van der Waals surface area contributed by atoms with Crippen molar-refractivity contribution in [1.29, 1.82) is 5.26 Å². The van der Waals surface area contributed by atoms with E-state index in [1.165, 1.54) is 16.8 Å². The summed E-state index contributed by atoms with van der Waals surface area (Å²) in [4.78, 5) is 9.44. The van der Waals surface area contributed by atoms with Crippen LogP contribution in [0, 0.1) is 11.3 Å². The average Bonchev–Trinajstić information content (AvgIpc) is 3.52. The predicted molar refractivity (Wildman–Crippen MR) is 138 cm³/mol. The second-order valence-electron chi connectivity index (χ2n) is 10.1. The zero-order valence-corrected chi connectivity index (χ0v) is 20.2. The highest BCUT2D eigenvalue weighted by molar-refractivity contribution is 5.95. The van der Waals surface area contributed by atoms with Crippen molar-refractivity contribution in [3.63, 3.8) is 0 Å². The molecule has 1 aromatic heterocycles. The Balaban J connectivity index is 1.11. The highest BCUT2D eigenvalue weighted by atomic mass is 16.5. The van der Waals surface area contributed by atoms with Crippen molar-refractivity contribution in [3.8, 4) is 6.07 Å². The lowest BCUT2D eigenvalue weighted by Gasteiger charge is -2.40. The first-order valence-electron chi connectivity index (χ1n) is 12.7. The minimum absolute atomic E-state index is 0.144. The zero-order chi connectivity index (χ0) is 23.8. The van der Waals surface area contributed by atoms with Gasteiger partial charge in [-0.3, -0.25) is 9.88 Å². The minimum Gasteiger partial charge on any atom is -0.381 e. The SMILES string of the molecule is C[C@@H]1CN(c2ccc(C#N)c3ncccc23)C[C@H](CN2CCC(Nc3ccc4c(c3)CNC4)C2)O1. The van der Waals surface area contributed by atoms with Gasteiger partial charge in [0, 0.05) is 74.8 Å². The average molecular weight is 469 g/mol. The van der Waals surface area contributed by atoms with Crippen LogP contribution in [-0.4, -0.2) is 60.9 Å². The number of hydrogen-bond donors (Lipinski definition) is 2. The van der Waals surface area contributed by atoms with Crippen molar-refractivity contribution in [2.24, 2.45) is 0 Å². The van der Waals surface area contributed by atoms with Crippen molar-refractivity contribution >= 4 is 22.3 Å². The van der Waals surface area contributed by atoms with Gasteiger partial charge < -0.3 is 20.3 Å². The first-order chi connectivity index (χ1) is 17.2. The van der Waals surface area contributed by atoms with Crippen molar-refractivity contribution < 1.29 is 4.74 Å². The standard InChI is InChI=1S/C28H32N6O/c1-19-15-34(27-7-5-20(12-29)28-26(27)3-2-9-31-28)18-25(35-19)17-33-10-8-24(16-33)32-23-6-4-21-13-30-14-22(21)11-23/h2-7,9,11,19,24-25,30,32H,8,10,13-18H2,1H3/t19-,24?,25+/m1/s1. The highest BCUT2D eigenvalue weighted by Gasteiger charge is 2.31. The lowest BCUT2D eigenvalue weighted by atomic mass is 10.1. The second-order valence-corrected chi connectivity index (χ2v) is 10.1. The van der Waals surface area contributed by atoms with Gasteiger partial charge in [-0.1, -0.05) is 6.07 Å². The molecule has 6 rings (SSSR count). The van der Waals surface area contributed by atoms with Crippen LogP contribution in [0.4, 0.5) is 11.4 Å². The lowest BCUT2D eigenvalue weighted by molar-refractivity contribution is -0.0294. The van der Waals surface area contributed by atoms with E-state index >= 15 is 0 Å². The van der Waals surface area contributed by atoms with Crippen LogP contribution in [0.3, 0.4) is 0 Å². The molecule has 0 aliphatic carbocycles. The van der Waals surface area contributed by atoms with Crippen molar-refractivity contribution in [2.75, 3.05) is 42.9 Å². The third kappa shape index (κ3) is 4.57. The third-order valence-corrected chi connectivity index (χ3v) is 7.48. The number of likely N-dealkylation sites (tertiary alicyclic amines) is 1. The topological polar surface area (TPSA) is 76.5 Å². The molecule has 0 spiro atoms. The summed E-state index contributed by atoms with van der Waals surface area (Å²) < 4.78 is 6.38. The summed E-state index contributed by atoms with van der Waals surface area (Å²) in [5, 5.41) is 17.7. The summed E-state index contributed by atoms with van der Waals surface area (Å²) >= 11 is 0. The van der Waals surface area contributed by atoms with Gasteiger partial charge in [-0.25, -0.2) is 0 Å². The molecule has 3 aliphatic rings. The number of rotatable bonds is 5. The number of pyridine rings is 1. The van der Waals surface area contributed by atoms with E-state index in [1.807, 2.05) is 12.1 Å². The van der Waals surface area contributed by atoms with Crippen LogP contribution in [0.2, 0.25) is 0 Å². The molecule has 0 bridgehead atoms. The van der Waals surface area contributed by atoms with E-state index in [0.717, 1.165) is 68.8 Å². The van der Waals surface area contributed by atoms with Gasteiger partial charge in [-0.05, 0) is 60.9 Å². The number of anilines is 2. The van der Waals surface area contributed by atoms with E-state index in [9.17, 15) is 5.26 Å². The number of fused-ring (bicyclic) bond motifs is 2. The van der Waals surface area contributed by atoms with Crippen LogP contribution in [0.1, 0.15) is 30.0 Å². The van der Waals surface area contributed by atoms with E-state index in [1.54, 1.807) is 6.20 Å². The number of nitrogens with one attached hydrogen (secondary N) is 2. The summed E-state index contributed by atoms with van der Waals surface area (Å²) in [6.45, 7) is 8.84. The molecule has 0 radical (unpaired) electrons. The summed E-state index contributed by atoms with van der Waals surface area (Å²) in [6, 6.07) is 17.5. The predicted octanol–water partition coefficient (Wildman–Crippen LogP) is 3.49. The van der Waals surface area contributed by atoms with Gasteiger partial charge in [-0.2, -0.15) is 5.26 Å². The number of ether oxygens (including phenoxy) is 1. The number of aromatic nitrogens is 1. The smallest absolute Gasteiger partial charge is 0.101 e. The fraction of sp³-hybridized carbons (Fsp3) is 0.429. The van der Waals surface area contributed by atoms with Gasteiger partial charge in [0.25, 0.3) is 0 Å². The van der Waals surface area contributed by atoms with E-state index in [4.69, 9.17) is 4.74 Å². The molecule has 7 nitrogen and oxygen atoms in total. The number of nitriles is 1. The molecular formula is C28H32N6O. The molecule has 3 atom stereocenters. The molecule has 4 heterocycles. The van der Waals surface area contributed by atoms with Crippen molar-refractivity contribution in [3.05, 3.63) is 65.4 Å². The molecule has 2 saturated heterocycles. The molecule has 0 amide bonds. The Kier molecular flexibility index (Phi) is 6.03. The van der Waals surface area contributed by atoms with Crippen LogP contribution in [-0.2, 0) is 17.8 Å². The van der Waals surface area contributed by atoms with Crippen LogP contribution in [0.5, 0.6) is 0 Å². The monoisotopic (exact) mass is 468 g/mol. The number of nitrogens with zero attached hydrogens (tertiary/aromatic N) is 4. The maximum atomic E-state index is 9.50. The summed E-state index contributed by atoms with van der Waals surface area (Å²) in [7, 11) is 0. The molecule has 35 heavy (non-hydrogen) atoms. The molecule has 2 N–H and O–H groups in total. The van der Waals surface area contributed by atoms with Crippen molar-refractivity contribution in [1.82, 2.24) is 15.2 Å². The molecule has 0 saturated carbocycles. The van der Waals surface area contributed by atoms with Crippen LogP contribution < -0.4 is 15.5 Å². The molecular weight excluding hydrogens is 436 g/mol. The number of morpholine rings is 1. The van der Waals surface area contributed by atoms with E-state index in [2.05, 4.69) is 68.7 Å². The van der Waals surface area contributed by atoms with Crippen LogP contribution in [0.15, 0.2) is 48.7 Å². The van der Waals surface area contributed by atoms with Crippen LogP contribution >= 0.6 is 0 Å². The first-order valence-corrected chi connectivity index (χ1v) is 12.7. The summed E-state index contributed by atoms with van der Waals surface area (Å²) in [5.74, 6) is 0. The maximum absolute atomic E-state index is 9.50. The van der Waals surface area contributed by atoms with Gasteiger partial charge in [0.2, 0.25) is 0 Å². The molecule has 2 fully saturated rings. The fourth-order valence-electron chi connectivity index (χ4n) is 5.89. The van der Waals surface area contributed by atoms with Gasteiger partial charge >= 0.3 is 0 Å². The minimum atomic E-state index is 0.144. The summed E-state index contributed by atoms with van der Waals surface area (Å²) in [5.41, 5.74) is 6.60. The van der Waals surface area contributed by atoms with E-state index < -0.39 is 0 Å². The number of benzene rings is 2.